The quantitative estimate of drug-likeness (QED) is 0.909. The number of alkyl halides is 3. The molecule has 0 aliphatic rings. The molecule has 0 atom stereocenters. The highest BCUT2D eigenvalue weighted by Crippen LogP contribution is 2.32. The number of nitrogens with one attached hydrogen (secondary N) is 1. The second kappa shape index (κ2) is 5.18. The lowest BCUT2D eigenvalue weighted by atomic mass is 10.1. The first kappa shape index (κ1) is 13.8. The normalized spacial score (nSPS) is 11.4. The topological polar surface area (TPSA) is 42.0 Å². The summed E-state index contributed by atoms with van der Waals surface area (Å²) in [5.74, 6) is -0.876. The van der Waals surface area contributed by atoms with E-state index in [1.165, 1.54) is 18.3 Å². The van der Waals surface area contributed by atoms with Gasteiger partial charge >= 0.3 is 6.18 Å². The van der Waals surface area contributed by atoms with Crippen molar-refractivity contribution in [3.05, 3.63) is 45.9 Å². The SMILES string of the molecule is O=C(Nc1ncc(Cl)s1)c1ccccc1C(F)(F)F. The molecule has 1 aromatic carbocycles. The Balaban J connectivity index is 2.29. The second-order valence-corrected chi connectivity index (χ2v) is 5.13. The number of aromatic nitrogens is 1. The maximum absolute atomic E-state index is 12.7. The predicted molar refractivity (Wildman–Crippen MR) is 66.5 cm³/mol. The number of carbonyl (C=O) groups excluding carboxylic acids is 1. The van der Waals surface area contributed by atoms with Crippen LogP contribution >= 0.6 is 22.9 Å². The van der Waals surface area contributed by atoms with Crippen molar-refractivity contribution in [3.63, 3.8) is 0 Å². The molecule has 19 heavy (non-hydrogen) atoms. The Hall–Kier alpha value is -1.60. The van der Waals surface area contributed by atoms with Crippen LogP contribution in [0.15, 0.2) is 30.5 Å². The second-order valence-electron chi connectivity index (χ2n) is 3.47. The van der Waals surface area contributed by atoms with E-state index in [1.54, 1.807) is 0 Å². The van der Waals surface area contributed by atoms with Crippen molar-refractivity contribution in [2.24, 2.45) is 0 Å². The van der Waals surface area contributed by atoms with Gasteiger partial charge in [0.1, 0.15) is 4.34 Å². The highest BCUT2D eigenvalue weighted by atomic mass is 35.5. The smallest absolute Gasteiger partial charge is 0.298 e. The van der Waals surface area contributed by atoms with Gasteiger partial charge in [-0.15, -0.1) is 0 Å². The van der Waals surface area contributed by atoms with Gasteiger partial charge in [-0.1, -0.05) is 35.1 Å². The molecule has 3 nitrogen and oxygen atoms in total. The van der Waals surface area contributed by atoms with Crippen molar-refractivity contribution in [2.75, 3.05) is 5.32 Å². The van der Waals surface area contributed by atoms with Gasteiger partial charge in [-0.25, -0.2) is 4.98 Å². The minimum Gasteiger partial charge on any atom is -0.298 e. The minimum atomic E-state index is -4.59. The lowest BCUT2D eigenvalue weighted by molar-refractivity contribution is -0.137. The van der Waals surface area contributed by atoms with E-state index in [0.717, 1.165) is 23.5 Å². The zero-order chi connectivity index (χ0) is 14.0. The Labute approximate surface area is 115 Å². The molecule has 8 heteroatoms. The highest BCUT2D eigenvalue weighted by molar-refractivity contribution is 7.19. The van der Waals surface area contributed by atoms with Gasteiger partial charge in [0.25, 0.3) is 5.91 Å². The van der Waals surface area contributed by atoms with Crippen LogP contribution in [0.1, 0.15) is 15.9 Å². The van der Waals surface area contributed by atoms with E-state index in [2.05, 4.69) is 10.3 Å². The number of hydrogen-bond acceptors (Lipinski definition) is 3. The number of thiazole rings is 1. The average molecular weight is 307 g/mol. The number of hydrogen-bond donors (Lipinski definition) is 1. The highest BCUT2D eigenvalue weighted by Gasteiger charge is 2.34. The molecule has 0 saturated heterocycles. The summed E-state index contributed by atoms with van der Waals surface area (Å²) >= 11 is 6.58. The van der Waals surface area contributed by atoms with E-state index in [1.807, 2.05) is 0 Å². The maximum Gasteiger partial charge on any atom is 0.417 e. The summed E-state index contributed by atoms with van der Waals surface area (Å²) in [6, 6.07) is 4.54. The number of amides is 1. The molecule has 100 valence electrons. The molecule has 0 bridgehead atoms. The third kappa shape index (κ3) is 3.24. The number of halogens is 4. The Bertz CT molecular complexity index is 612. The van der Waals surface area contributed by atoms with E-state index in [0.29, 0.717) is 4.34 Å². The van der Waals surface area contributed by atoms with E-state index >= 15 is 0 Å². The van der Waals surface area contributed by atoms with Crippen molar-refractivity contribution < 1.29 is 18.0 Å². The molecule has 2 rings (SSSR count). The van der Waals surface area contributed by atoms with Gasteiger partial charge in [0.2, 0.25) is 0 Å². The zero-order valence-corrected chi connectivity index (χ0v) is 10.7. The summed E-state index contributed by atoms with van der Waals surface area (Å²) < 4.78 is 38.5. The van der Waals surface area contributed by atoms with Crippen LogP contribution in [0.5, 0.6) is 0 Å². The fraction of sp³-hybridized carbons (Fsp3) is 0.0909. The van der Waals surface area contributed by atoms with Crippen molar-refractivity contribution in [1.82, 2.24) is 4.98 Å². The zero-order valence-electron chi connectivity index (χ0n) is 9.16. The standard InChI is InChI=1S/C11H6ClF3N2OS/c12-8-5-16-10(19-8)17-9(18)6-3-1-2-4-7(6)11(13,14)15/h1-5H,(H,16,17,18). The van der Waals surface area contributed by atoms with Crippen LogP contribution in [0, 0.1) is 0 Å². The van der Waals surface area contributed by atoms with E-state index in [4.69, 9.17) is 11.6 Å². The van der Waals surface area contributed by atoms with Gasteiger partial charge in [0, 0.05) is 0 Å². The fourth-order valence-electron chi connectivity index (χ4n) is 1.40. The summed E-state index contributed by atoms with van der Waals surface area (Å²) in [7, 11) is 0. The largest absolute Gasteiger partial charge is 0.417 e. The Morgan fingerprint density at radius 2 is 2.00 bits per heavy atom. The van der Waals surface area contributed by atoms with Crippen molar-refractivity contribution in [1.29, 1.82) is 0 Å². The lowest BCUT2D eigenvalue weighted by Gasteiger charge is -2.11. The van der Waals surface area contributed by atoms with Crippen LogP contribution in [0.3, 0.4) is 0 Å². The number of nitrogens with zero attached hydrogens (tertiary/aromatic N) is 1. The number of benzene rings is 1. The molecule has 0 aliphatic heterocycles. The first-order chi connectivity index (χ1) is 8.88. The molecule has 1 aromatic heterocycles. The monoisotopic (exact) mass is 306 g/mol. The number of anilines is 1. The van der Waals surface area contributed by atoms with Crippen LogP contribution < -0.4 is 5.32 Å². The molecule has 0 radical (unpaired) electrons. The van der Waals surface area contributed by atoms with E-state index in [9.17, 15) is 18.0 Å². The first-order valence-electron chi connectivity index (χ1n) is 4.97. The third-order valence-electron chi connectivity index (χ3n) is 2.18. The first-order valence-corrected chi connectivity index (χ1v) is 6.16. The molecule has 1 N–H and O–H groups in total. The lowest BCUT2D eigenvalue weighted by Crippen LogP contribution is -2.18. The molecular formula is C11H6ClF3N2OS. The number of rotatable bonds is 2. The third-order valence-corrected chi connectivity index (χ3v) is 3.21. The fourth-order valence-corrected chi connectivity index (χ4v) is 2.21. The summed E-state index contributed by atoms with van der Waals surface area (Å²) in [5, 5.41) is 2.42. The van der Waals surface area contributed by atoms with E-state index < -0.39 is 23.2 Å². The molecule has 2 aromatic rings. The summed E-state index contributed by atoms with van der Waals surface area (Å²) in [4.78, 5) is 15.5. The Morgan fingerprint density at radius 1 is 1.32 bits per heavy atom. The van der Waals surface area contributed by atoms with Crippen LogP contribution in [0.4, 0.5) is 18.3 Å². The predicted octanol–water partition coefficient (Wildman–Crippen LogP) is 4.07. The summed E-state index contributed by atoms with van der Waals surface area (Å²) in [5.41, 5.74) is -1.45. The van der Waals surface area contributed by atoms with Crippen molar-refractivity contribution >= 4 is 34.0 Å². The molecule has 0 aliphatic carbocycles. The van der Waals surface area contributed by atoms with Crippen LogP contribution in [-0.4, -0.2) is 10.9 Å². The van der Waals surface area contributed by atoms with Gasteiger partial charge < -0.3 is 0 Å². The molecule has 1 heterocycles. The van der Waals surface area contributed by atoms with Crippen LogP contribution in [0.25, 0.3) is 0 Å². The maximum atomic E-state index is 12.7. The van der Waals surface area contributed by atoms with Gasteiger partial charge in [0.15, 0.2) is 5.13 Å². The summed E-state index contributed by atoms with van der Waals surface area (Å²) in [6.45, 7) is 0. The summed E-state index contributed by atoms with van der Waals surface area (Å²) in [6.07, 6.45) is -3.29. The molecule has 0 spiro atoms. The molecule has 1 amide bonds. The van der Waals surface area contributed by atoms with Crippen LogP contribution in [0.2, 0.25) is 4.34 Å². The molecule has 0 saturated carbocycles. The van der Waals surface area contributed by atoms with Gasteiger partial charge in [0.05, 0.1) is 17.3 Å². The minimum absolute atomic E-state index is 0.145. The Kier molecular flexibility index (Phi) is 3.77. The van der Waals surface area contributed by atoms with Gasteiger partial charge in [-0.05, 0) is 12.1 Å². The van der Waals surface area contributed by atoms with Gasteiger partial charge in [-0.3, -0.25) is 10.1 Å². The molecular weight excluding hydrogens is 301 g/mol. The Morgan fingerprint density at radius 3 is 2.58 bits per heavy atom. The molecule has 0 unspecified atom stereocenters. The van der Waals surface area contributed by atoms with E-state index in [-0.39, 0.29) is 5.13 Å². The van der Waals surface area contributed by atoms with Gasteiger partial charge in [-0.2, -0.15) is 13.2 Å². The number of carbonyl (C=O) groups is 1. The average Bonchev–Trinajstić information content (AvgIpc) is 2.73. The van der Waals surface area contributed by atoms with Crippen molar-refractivity contribution in [3.8, 4) is 0 Å². The molecule has 0 fully saturated rings. The van der Waals surface area contributed by atoms with Crippen LogP contribution in [-0.2, 0) is 6.18 Å². The van der Waals surface area contributed by atoms with Crippen molar-refractivity contribution in [2.45, 2.75) is 6.18 Å².